The minimum absolute atomic E-state index is 0.00724. The van der Waals surface area contributed by atoms with Gasteiger partial charge in [-0.1, -0.05) is 36.4 Å². The second-order valence-corrected chi connectivity index (χ2v) is 9.53. The SMILES string of the molecule is COCOc1ccccc1-c1cc(-c2ccc(C3CCCN3C(=O)OC(C)(C)C)cc2)c(N)nn1. The lowest BCUT2D eigenvalue weighted by Gasteiger charge is -2.29. The number of nitrogens with zero attached hydrogens (tertiary/aromatic N) is 3. The number of methoxy groups -OCH3 is 1. The molecule has 0 radical (unpaired) electrons. The first-order valence-corrected chi connectivity index (χ1v) is 11.7. The number of benzene rings is 2. The van der Waals surface area contributed by atoms with E-state index in [0.29, 0.717) is 23.8 Å². The summed E-state index contributed by atoms with van der Waals surface area (Å²) in [5.74, 6) is 0.992. The number of hydrogen-bond donors (Lipinski definition) is 1. The van der Waals surface area contributed by atoms with E-state index in [1.165, 1.54) is 0 Å². The fourth-order valence-electron chi connectivity index (χ4n) is 4.23. The Morgan fingerprint density at radius 2 is 1.83 bits per heavy atom. The first kappa shape index (κ1) is 24.5. The molecule has 1 amide bonds. The number of hydrogen-bond acceptors (Lipinski definition) is 7. The van der Waals surface area contributed by atoms with Crippen LogP contribution in [-0.2, 0) is 9.47 Å². The Balaban J connectivity index is 1.59. The third-order valence-corrected chi connectivity index (χ3v) is 5.81. The highest BCUT2D eigenvalue weighted by Crippen LogP contribution is 2.36. The molecule has 2 N–H and O–H groups in total. The zero-order valence-corrected chi connectivity index (χ0v) is 20.7. The molecular formula is C27H32N4O4. The van der Waals surface area contributed by atoms with E-state index < -0.39 is 5.60 Å². The van der Waals surface area contributed by atoms with Crippen LogP contribution in [-0.4, -0.2) is 47.2 Å². The molecule has 1 aliphatic rings. The van der Waals surface area contributed by atoms with Gasteiger partial charge in [0.25, 0.3) is 0 Å². The van der Waals surface area contributed by atoms with Gasteiger partial charge in [0.05, 0.1) is 11.7 Å². The van der Waals surface area contributed by atoms with Gasteiger partial charge in [-0.05, 0) is 62.9 Å². The number of nitrogen functional groups attached to an aromatic ring is 1. The number of carbonyl (C=O) groups is 1. The van der Waals surface area contributed by atoms with Crippen LogP contribution in [0.2, 0.25) is 0 Å². The fourth-order valence-corrected chi connectivity index (χ4v) is 4.23. The summed E-state index contributed by atoms with van der Waals surface area (Å²) in [4.78, 5) is 14.5. The Labute approximate surface area is 206 Å². The van der Waals surface area contributed by atoms with Crippen LogP contribution in [0.3, 0.4) is 0 Å². The number of carbonyl (C=O) groups excluding carboxylic acids is 1. The van der Waals surface area contributed by atoms with Gasteiger partial charge in [0.1, 0.15) is 11.4 Å². The Hall–Kier alpha value is -3.65. The zero-order chi connectivity index (χ0) is 25.0. The predicted octanol–water partition coefficient (Wildman–Crippen LogP) is 5.45. The van der Waals surface area contributed by atoms with Gasteiger partial charge in [-0.15, -0.1) is 10.2 Å². The summed E-state index contributed by atoms with van der Waals surface area (Å²) in [7, 11) is 1.58. The van der Waals surface area contributed by atoms with Crippen LogP contribution in [0.5, 0.6) is 5.75 Å². The van der Waals surface area contributed by atoms with Crippen molar-refractivity contribution in [1.82, 2.24) is 15.1 Å². The summed E-state index contributed by atoms with van der Waals surface area (Å²) in [5.41, 5.74) is 9.89. The van der Waals surface area contributed by atoms with Crippen LogP contribution >= 0.6 is 0 Å². The first-order valence-electron chi connectivity index (χ1n) is 11.7. The fraction of sp³-hybridized carbons (Fsp3) is 0.370. The zero-order valence-electron chi connectivity index (χ0n) is 20.7. The molecule has 0 saturated carbocycles. The smallest absolute Gasteiger partial charge is 0.410 e. The Morgan fingerprint density at radius 1 is 1.09 bits per heavy atom. The molecule has 2 heterocycles. The maximum absolute atomic E-state index is 12.7. The number of para-hydroxylation sites is 1. The number of likely N-dealkylation sites (tertiary alicyclic amines) is 1. The van der Waals surface area contributed by atoms with Gasteiger partial charge >= 0.3 is 6.09 Å². The van der Waals surface area contributed by atoms with Crippen molar-refractivity contribution in [3.8, 4) is 28.1 Å². The second-order valence-electron chi connectivity index (χ2n) is 9.53. The van der Waals surface area contributed by atoms with Crippen LogP contribution in [0.1, 0.15) is 45.2 Å². The van der Waals surface area contributed by atoms with E-state index >= 15 is 0 Å². The van der Waals surface area contributed by atoms with Gasteiger partial charge in [-0.2, -0.15) is 0 Å². The monoisotopic (exact) mass is 476 g/mol. The Morgan fingerprint density at radius 3 is 2.54 bits per heavy atom. The van der Waals surface area contributed by atoms with Crippen molar-refractivity contribution in [1.29, 1.82) is 0 Å². The molecule has 1 saturated heterocycles. The highest BCUT2D eigenvalue weighted by Gasteiger charge is 2.33. The topological polar surface area (TPSA) is 99.8 Å². The molecule has 0 bridgehead atoms. The molecule has 184 valence electrons. The second kappa shape index (κ2) is 10.3. The number of rotatable bonds is 6. The van der Waals surface area contributed by atoms with E-state index in [4.69, 9.17) is 19.9 Å². The van der Waals surface area contributed by atoms with E-state index in [1.54, 1.807) is 7.11 Å². The lowest BCUT2D eigenvalue weighted by molar-refractivity contribution is 0.0224. The normalized spacial score (nSPS) is 15.8. The van der Waals surface area contributed by atoms with Gasteiger partial charge in [0.2, 0.25) is 0 Å². The van der Waals surface area contributed by atoms with Gasteiger partial charge in [-0.3, -0.25) is 0 Å². The Kier molecular flexibility index (Phi) is 7.21. The van der Waals surface area contributed by atoms with Crippen molar-refractivity contribution in [2.45, 2.75) is 45.3 Å². The number of nitrogens with two attached hydrogens (primary N) is 1. The van der Waals surface area contributed by atoms with Crippen molar-refractivity contribution < 1.29 is 19.0 Å². The summed E-state index contributed by atoms with van der Waals surface area (Å²) in [5, 5.41) is 8.48. The average Bonchev–Trinajstić information content (AvgIpc) is 3.33. The molecule has 8 nitrogen and oxygen atoms in total. The Bertz CT molecular complexity index is 1170. The molecule has 1 atom stereocenters. The standard InChI is InChI=1S/C27H32N4O4/c1-27(2,3)35-26(32)31-15-7-9-23(31)19-13-11-18(12-14-19)21-16-22(29-30-25(21)28)20-8-5-6-10-24(20)34-17-33-4/h5-6,8,10-14,16,23H,7,9,15,17H2,1-4H3,(H2,28,30). The molecule has 1 aromatic heterocycles. The maximum Gasteiger partial charge on any atom is 0.410 e. The highest BCUT2D eigenvalue weighted by molar-refractivity contribution is 5.79. The average molecular weight is 477 g/mol. The largest absolute Gasteiger partial charge is 0.467 e. The van der Waals surface area contributed by atoms with Gasteiger partial charge in [0.15, 0.2) is 12.6 Å². The van der Waals surface area contributed by atoms with E-state index in [9.17, 15) is 4.79 Å². The lowest BCUT2D eigenvalue weighted by Crippen LogP contribution is -2.36. The van der Waals surface area contributed by atoms with E-state index in [0.717, 1.165) is 35.1 Å². The number of aromatic nitrogens is 2. The summed E-state index contributed by atoms with van der Waals surface area (Å²) in [6.45, 7) is 6.47. The summed E-state index contributed by atoms with van der Waals surface area (Å²) in [6.07, 6.45) is 1.58. The quantitative estimate of drug-likeness (QED) is 0.472. The van der Waals surface area contributed by atoms with Crippen molar-refractivity contribution in [3.63, 3.8) is 0 Å². The molecule has 8 heteroatoms. The van der Waals surface area contributed by atoms with Gasteiger partial charge in [0, 0.05) is 24.8 Å². The summed E-state index contributed by atoms with van der Waals surface area (Å²) >= 11 is 0. The number of amides is 1. The molecule has 35 heavy (non-hydrogen) atoms. The third-order valence-electron chi connectivity index (χ3n) is 5.81. The molecule has 1 aliphatic heterocycles. The summed E-state index contributed by atoms with van der Waals surface area (Å²) < 4.78 is 16.3. The third kappa shape index (κ3) is 5.71. The van der Waals surface area contributed by atoms with E-state index in [2.05, 4.69) is 10.2 Å². The molecule has 1 fully saturated rings. The maximum atomic E-state index is 12.7. The highest BCUT2D eigenvalue weighted by atomic mass is 16.7. The minimum atomic E-state index is -0.523. The van der Waals surface area contributed by atoms with Crippen molar-refractivity contribution >= 4 is 11.9 Å². The van der Waals surface area contributed by atoms with Crippen molar-refractivity contribution in [2.75, 3.05) is 26.2 Å². The number of anilines is 1. The molecule has 4 rings (SSSR count). The molecule has 1 unspecified atom stereocenters. The van der Waals surface area contributed by atoms with Crippen LogP contribution in [0.4, 0.5) is 10.6 Å². The van der Waals surface area contributed by atoms with Crippen LogP contribution in [0.25, 0.3) is 22.4 Å². The molecular weight excluding hydrogens is 444 g/mol. The molecule has 2 aromatic carbocycles. The van der Waals surface area contributed by atoms with Crippen LogP contribution in [0.15, 0.2) is 54.6 Å². The molecule has 0 spiro atoms. The van der Waals surface area contributed by atoms with Gasteiger partial charge < -0.3 is 24.8 Å². The predicted molar refractivity (Wildman–Crippen MR) is 135 cm³/mol. The first-order chi connectivity index (χ1) is 16.8. The van der Waals surface area contributed by atoms with E-state index in [-0.39, 0.29) is 18.9 Å². The van der Waals surface area contributed by atoms with Crippen molar-refractivity contribution in [3.05, 3.63) is 60.2 Å². The van der Waals surface area contributed by atoms with Crippen molar-refractivity contribution in [2.24, 2.45) is 0 Å². The van der Waals surface area contributed by atoms with Crippen LogP contribution < -0.4 is 10.5 Å². The van der Waals surface area contributed by atoms with Crippen LogP contribution in [0, 0.1) is 0 Å². The lowest BCUT2D eigenvalue weighted by atomic mass is 9.99. The number of ether oxygens (including phenoxy) is 3. The molecule has 0 aliphatic carbocycles. The minimum Gasteiger partial charge on any atom is -0.467 e. The van der Waals surface area contributed by atoms with Gasteiger partial charge in [-0.25, -0.2) is 4.79 Å². The summed E-state index contributed by atoms with van der Waals surface area (Å²) in [6, 6.07) is 17.6. The molecule has 3 aromatic rings. The van der Waals surface area contributed by atoms with E-state index in [1.807, 2.05) is 80.3 Å².